The highest BCUT2D eigenvalue weighted by atomic mass is 19.1. The van der Waals surface area contributed by atoms with E-state index in [1.165, 1.54) is 12.1 Å². The average Bonchev–Trinajstić information content (AvgIpc) is 2.62. The predicted molar refractivity (Wildman–Crippen MR) is 95.0 cm³/mol. The first kappa shape index (κ1) is 16.7. The first-order valence-corrected chi connectivity index (χ1v) is 8.40. The molecule has 0 aromatic heterocycles. The molecule has 24 heavy (non-hydrogen) atoms. The van der Waals surface area contributed by atoms with Gasteiger partial charge < -0.3 is 4.90 Å². The smallest absolute Gasteiger partial charge is 0.159 e. The van der Waals surface area contributed by atoms with Gasteiger partial charge in [0.2, 0.25) is 0 Å². The average molecular weight is 326 g/mol. The van der Waals surface area contributed by atoms with Crippen LogP contribution in [0, 0.1) is 5.82 Å². The Kier molecular flexibility index (Phi) is 4.95. The van der Waals surface area contributed by atoms with Gasteiger partial charge in [-0.1, -0.05) is 12.1 Å². The number of carbonyl (C=O) groups excluding carboxylic acids is 1. The van der Waals surface area contributed by atoms with E-state index in [0.717, 1.165) is 43.0 Å². The van der Waals surface area contributed by atoms with Crippen molar-refractivity contribution in [1.29, 1.82) is 0 Å². The largest absolute Gasteiger partial charge is 0.369 e. The van der Waals surface area contributed by atoms with Crippen LogP contribution in [-0.4, -0.2) is 36.9 Å². The number of hydrogen-bond acceptors (Lipinski definition) is 3. The van der Waals surface area contributed by atoms with Gasteiger partial charge in [0.25, 0.3) is 0 Å². The van der Waals surface area contributed by atoms with Gasteiger partial charge in [-0.2, -0.15) is 0 Å². The Morgan fingerprint density at radius 1 is 0.958 bits per heavy atom. The van der Waals surface area contributed by atoms with Crippen molar-refractivity contribution in [2.24, 2.45) is 0 Å². The van der Waals surface area contributed by atoms with Gasteiger partial charge in [0.1, 0.15) is 5.82 Å². The summed E-state index contributed by atoms with van der Waals surface area (Å²) < 4.78 is 13.1. The standard InChI is InChI=1S/C20H23FN2O/c1-15(17-3-7-19(21)8-4-17)22-11-13-23(14-12-22)20-9-5-18(6-10-20)16(2)24/h3-10,15H,11-14H2,1-2H3/t15-/m0/s1. The Balaban J connectivity index is 1.60. The van der Waals surface area contributed by atoms with Crippen LogP contribution < -0.4 is 4.90 Å². The first-order valence-electron chi connectivity index (χ1n) is 8.40. The van der Waals surface area contributed by atoms with Gasteiger partial charge in [0.05, 0.1) is 0 Å². The summed E-state index contributed by atoms with van der Waals surface area (Å²) in [6, 6.07) is 14.9. The van der Waals surface area contributed by atoms with E-state index >= 15 is 0 Å². The molecule has 1 saturated heterocycles. The van der Waals surface area contributed by atoms with E-state index in [1.54, 1.807) is 6.92 Å². The molecule has 0 amide bonds. The molecule has 0 spiro atoms. The number of nitrogens with zero attached hydrogens (tertiary/aromatic N) is 2. The summed E-state index contributed by atoms with van der Waals surface area (Å²) in [4.78, 5) is 16.1. The molecule has 0 aliphatic carbocycles. The second-order valence-corrected chi connectivity index (χ2v) is 6.35. The van der Waals surface area contributed by atoms with Gasteiger partial charge in [-0.15, -0.1) is 0 Å². The minimum atomic E-state index is -0.190. The van der Waals surface area contributed by atoms with Crippen LogP contribution in [0.1, 0.15) is 35.8 Å². The Morgan fingerprint density at radius 3 is 2.08 bits per heavy atom. The van der Waals surface area contributed by atoms with E-state index in [9.17, 15) is 9.18 Å². The molecule has 0 radical (unpaired) electrons. The van der Waals surface area contributed by atoms with Gasteiger partial charge >= 0.3 is 0 Å². The maximum atomic E-state index is 13.1. The Morgan fingerprint density at radius 2 is 1.54 bits per heavy atom. The monoisotopic (exact) mass is 326 g/mol. The molecule has 3 nitrogen and oxygen atoms in total. The third-order valence-corrected chi connectivity index (χ3v) is 4.85. The highest BCUT2D eigenvalue weighted by Gasteiger charge is 2.22. The molecule has 1 aliphatic rings. The fourth-order valence-electron chi connectivity index (χ4n) is 3.23. The number of halogens is 1. The zero-order valence-electron chi connectivity index (χ0n) is 14.2. The molecule has 1 atom stereocenters. The zero-order valence-corrected chi connectivity index (χ0v) is 14.2. The summed E-state index contributed by atoms with van der Waals surface area (Å²) in [5.74, 6) is -0.0933. The molecule has 126 valence electrons. The molecule has 4 heteroatoms. The maximum Gasteiger partial charge on any atom is 0.159 e. The Hall–Kier alpha value is -2.20. The molecule has 0 N–H and O–H groups in total. The van der Waals surface area contributed by atoms with Crippen LogP contribution in [0.4, 0.5) is 10.1 Å². The number of anilines is 1. The molecule has 2 aromatic carbocycles. The van der Waals surface area contributed by atoms with Crippen molar-refractivity contribution < 1.29 is 9.18 Å². The zero-order chi connectivity index (χ0) is 17.1. The van der Waals surface area contributed by atoms with Gasteiger partial charge in [0, 0.05) is 43.5 Å². The third-order valence-electron chi connectivity index (χ3n) is 4.85. The van der Waals surface area contributed by atoms with Gasteiger partial charge in [-0.25, -0.2) is 4.39 Å². The molecule has 1 heterocycles. The summed E-state index contributed by atoms with van der Waals surface area (Å²) >= 11 is 0. The number of carbonyl (C=O) groups is 1. The van der Waals surface area contributed by atoms with E-state index in [0.29, 0.717) is 0 Å². The topological polar surface area (TPSA) is 23.6 Å². The van der Waals surface area contributed by atoms with Gasteiger partial charge in [0.15, 0.2) is 5.78 Å². The van der Waals surface area contributed by atoms with Crippen LogP contribution in [0.25, 0.3) is 0 Å². The number of rotatable bonds is 4. The molecular formula is C20H23FN2O. The van der Waals surface area contributed by atoms with Crippen LogP contribution in [0.5, 0.6) is 0 Å². The summed E-state index contributed by atoms with van der Waals surface area (Å²) in [6.45, 7) is 7.59. The lowest BCUT2D eigenvalue weighted by Gasteiger charge is -2.39. The van der Waals surface area contributed by atoms with Crippen LogP contribution in [0.3, 0.4) is 0 Å². The molecule has 1 fully saturated rings. The van der Waals surface area contributed by atoms with Crippen molar-refractivity contribution >= 4 is 11.5 Å². The van der Waals surface area contributed by atoms with Crippen LogP contribution in [0.2, 0.25) is 0 Å². The van der Waals surface area contributed by atoms with Crippen molar-refractivity contribution in [2.75, 3.05) is 31.1 Å². The lowest BCUT2D eigenvalue weighted by Crippen LogP contribution is -2.47. The number of benzene rings is 2. The van der Waals surface area contributed by atoms with Crippen molar-refractivity contribution in [2.45, 2.75) is 19.9 Å². The fraction of sp³-hybridized carbons (Fsp3) is 0.350. The van der Waals surface area contributed by atoms with Crippen LogP contribution in [-0.2, 0) is 0 Å². The van der Waals surface area contributed by atoms with E-state index in [4.69, 9.17) is 0 Å². The Labute approximate surface area is 142 Å². The number of Topliss-reactive ketones (excluding diaryl/α,β-unsaturated/α-hetero) is 1. The SMILES string of the molecule is CC(=O)c1ccc(N2CCN([C@@H](C)c3ccc(F)cc3)CC2)cc1. The number of hydrogen-bond donors (Lipinski definition) is 0. The second kappa shape index (κ2) is 7.14. The summed E-state index contributed by atoms with van der Waals surface area (Å²) in [5.41, 5.74) is 3.06. The maximum absolute atomic E-state index is 13.1. The van der Waals surface area contributed by atoms with Crippen LogP contribution in [0.15, 0.2) is 48.5 Å². The van der Waals surface area contributed by atoms with Crippen molar-refractivity contribution in [3.05, 3.63) is 65.5 Å². The lowest BCUT2D eigenvalue weighted by atomic mass is 10.1. The van der Waals surface area contributed by atoms with Crippen molar-refractivity contribution in [1.82, 2.24) is 4.90 Å². The number of ketones is 1. The first-order chi connectivity index (χ1) is 11.5. The summed E-state index contributed by atoms with van der Waals surface area (Å²) in [6.07, 6.45) is 0. The molecule has 0 bridgehead atoms. The molecule has 2 aromatic rings. The minimum Gasteiger partial charge on any atom is -0.369 e. The highest BCUT2D eigenvalue weighted by molar-refractivity contribution is 5.94. The molecular weight excluding hydrogens is 303 g/mol. The molecule has 0 unspecified atom stereocenters. The molecule has 3 rings (SSSR count). The lowest BCUT2D eigenvalue weighted by molar-refractivity contribution is 0.101. The second-order valence-electron chi connectivity index (χ2n) is 6.35. The van der Waals surface area contributed by atoms with E-state index in [2.05, 4.69) is 16.7 Å². The minimum absolute atomic E-state index is 0.0968. The van der Waals surface area contributed by atoms with Gasteiger partial charge in [-0.3, -0.25) is 9.69 Å². The van der Waals surface area contributed by atoms with Crippen LogP contribution >= 0.6 is 0 Å². The van der Waals surface area contributed by atoms with Crippen molar-refractivity contribution in [3.8, 4) is 0 Å². The predicted octanol–water partition coefficient (Wildman–Crippen LogP) is 3.91. The molecule has 1 aliphatic heterocycles. The normalized spacial score (nSPS) is 16.9. The van der Waals surface area contributed by atoms with E-state index in [1.807, 2.05) is 36.4 Å². The Bertz CT molecular complexity index is 689. The summed E-state index contributed by atoms with van der Waals surface area (Å²) in [5, 5.41) is 0. The highest BCUT2D eigenvalue weighted by Crippen LogP contribution is 2.24. The van der Waals surface area contributed by atoms with E-state index in [-0.39, 0.29) is 17.6 Å². The fourth-order valence-corrected chi connectivity index (χ4v) is 3.23. The number of piperazine rings is 1. The molecule has 0 saturated carbocycles. The quantitative estimate of drug-likeness (QED) is 0.796. The summed E-state index contributed by atoms with van der Waals surface area (Å²) in [7, 11) is 0. The van der Waals surface area contributed by atoms with E-state index < -0.39 is 0 Å². The third kappa shape index (κ3) is 3.65. The van der Waals surface area contributed by atoms with Gasteiger partial charge in [-0.05, 0) is 55.8 Å². The van der Waals surface area contributed by atoms with Crippen molar-refractivity contribution in [3.63, 3.8) is 0 Å².